The third-order valence-electron chi connectivity index (χ3n) is 12.8. The second-order valence-electron chi connectivity index (χ2n) is 16.9. The van der Waals surface area contributed by atoms with Crippen LogP contribution < -0.4 is 0 Å². The van der Waals surface area contributed by atoms with Gasteiger partial charge in [-0.25, -0.2) is 0 Å². The Kier molecular flexibility index (Phi) is 12.5. The Morgan fingerprint density at radius 3 is 1.46 bits per heavy atom. The Bertz CT molecular complexity index is 1500. The van der Waals surface area contributed by atoms with Crippen molar-refractivity contribution in [2.75, 3.05) is 0 Å². The molecule has 0 heterocycles. The maximum absolute atomic E-state index is 13.1. The van der Waals surface area contributed by atoms with E-state index in [1.54, 1.807) is 0 Å². The Hall–Kier alpha value is -3.54. The lowest BCUT2D eigenvalue weighted by atomic mass is 9.68. The highest BCUT2D eigenvalue weighted by Gasteiger charge is 2.37. The van der Waals surface area contributed by atoms with Crippen LogP contribution in [-0.4, -0.2) is 22.2 Å². The van der Waals surface area contributed by atoms with Crippen LogP contribution in [0.25, 0.3) is 0 Å². The lowest BCUT2D eigenvalue weighted by molar-refractivity contribution is -0.149. The molecule has 4 aliphatic rings. The Morgan fingerprint density at radius 1 is 0.673 bits per heavy atom. The fourth-order valence-electron chi connectivity index (χ4n) is 9.57. The summed E-state index contributed by atoms with van der Waals surface area (Å²) in [5, 5.41) is 24.7. The van der Waals surface area contributed by atoms with E-state index in [0.717, 1.165) is 130 Å². The van der Waals surface area contributed by atoms with Crippen molar-refractivity contribution in [2.24, 2.45) is 11.8 Å². The predicted molar refractivity (Wildman–Crippen MR) is 206 cm³/mol. The summed E-state index contributed by atoms with van der Waals surface area (Å²) < 4.78 is 11.9. The molecule has 0 radical (unpaired) electrons. The van der Waals surface area contributed by atoms with Gasteiger partial charge in [0.25, 0.3) is 0 Å². The topological polar surface area (TPSA) is 93.1 Å². The number of benzene rings is 2. The quantitative estimate of drug-likeness (QED) is 0.168. The molecule has 6 heteroatoms. The number of ether oxygens (including phenoxy) is 2. The number of rotatable bonds is 12. The van der Waals surface area contributed by atoms with Gasteiger partial charge in [-0.1, -0.05) is 90.0 Å². The summed E-state index contributed by atoms with van der Waals surface area (Å²) in [6.07, 6.45) is 26.0. The van der Waals surface area contributed by atoms with Gasteiger partial charge < -0.3 is 19.7 Å². The number of allylic oxidation sites excluding steroid dienone is 2. The molecular formula is C46H62O6. The third-order valence-corrected chi connectivity index (χ3v) is 12.8. The molecule has 0 aromatic heterocycles. The van der Waals surface area contributed by atoms with Crippen LogP contribution in [0.5, 0.6) is 11.5 Å². The lowest BCUT2D eigenvalue weighted by Gasteiger charge is -2.37. The first kappa shape index (κ1) is 38.2. The van der Waals surface area contributed by atoms with Gasteiger partial charge in [0.1, 0.15) is 24.7 Å². The van der Waals surface area contributed by atoms with E-state index in [4.69, 9.17) is 9.47 Å². The second-order valence-corrected chi connectivity index (χ2v) is 16.9. The standard InChI is InChI=1S/C46H62O6/c1-4-17-36(37-26-32(30-51-43(49)34-18-9-5-10-19-34)28-39(41(37)47)45(2)22-13-7-14-23-45)38-27-33(31-52-44(50)35-20-11-6-12-21-35)29-40(42(38)48)46(3)24-15-8-16-25-46/h9,11,18,20,26-29,34-36,47-48H,4-8,10,12-17,19,21-25,30-31H2,1-3H3. The van der Waals surface area contributed by atoms with Crippen molar-refractivity contribution in [2.45, 2.75) is 166 Å². The maximum atomic E-state index is 13.1. The molecule has 2 aromatic carbocycles. The molecule has 52 heavy (non-hydrogen) atoms. The molecule has 2 atom stereocenters. The SMILES string of the molecule is CCCC(c1cc(COC(=O)C2C=CCCC2)cc(C2(C)CCCCC2)c1O)c1cc(COC(=O)C2C=CCCC2)cc(C2(C)CCCCC2)c1O. The van der Waals surface area contributed by atoms with E-state index >= 15 is 0 Å². The lowest BCUT2D eigenvalue weighted by Crippen LogP contribution is -2.27. The summed E-state index contributed by atoms with van der Waals surface area (Å²) in [5.74, 6) is -0.550. The minimum Gasteiger partial charge on any atom is -0.507 e. The molecule has 282 valence electrons. The molecule has 0 aliphatic heterocycles. The number of carbonyl (C=O) groups excluding carboxylic acids is 2. The minimum absolute atomic E-state index is 0.138. The monoisotopic (exact) mass is 710 g/mol. The van der Waals surface area contributed by atoms with Crippen LogP contribution in [0.3, 0.4) is 0 Å². The molecule has 6 rings (SSSR count). The van der Waals surface area contributed by atoms with Crippen LogP contribution >= 0.6 is 0 Å². The zero-order valence-corrected chi connectivity index (χ0v) is 32.0. The van der Waals surface area contributed by atoms with E-state index in [0.29, 0.717) is 17.9 Å². The highest BCUT2D eigenvalue weighted by atomic mass is 16.5. The molecule has 0 spiro atoms. The van der Waals surface area contributed by atoms with Crippen LogP contribution in [0, 0.1) is 11.8 Å². The van der Waals surface area contributed by atoms with Crippen molar-refractivity contribution in [3.8, 4) is 11.5 Å². The molecule has 0 saturated heterocycles. The molecule has 2 fully saturated rings. The summed E-state index contributed by atoms with van der Waals surface area (Å²) in [5.41, 5.74) is 4.70. The summed E-state index contributed by atoms with van der Waals surface area (Å²) in [6, 6.07) is 8.17. The van der Waals surface area contributed by atoms with Crippen LogP contribution in [-0.2, 0) is 43.1 Å². The second kappa shape index (κ2) is 17.1. The first-order valence-corrected chi connectivity index (χ1v) is 20.5. The molecule has 0 amide bonds. The van der Waals surface area contributed by atoms with Crippen molar-refractivity contribution in [3.63, 3.8) is 0 Å². The zero-order valence-electron chi connectivity index (χ0n) is 32.0. The fraction of sp³-hybridized carbons (Fsp3) is 0.609. The summed E-state index contributed by atoms with van der Waals surface area (Å²) in [4.78, 5) is 26.3. The zero-order chi connectivity index (χ0) is 36.7. The number of phenolic OH excluding ortho intramolecular Hbond substituents is 2. The molecule has 6 nitrogen and oxygen atoms in total. The molecule has 2 unspecified atom stereocenters. The normalized spacial score (nSPS) is 23.1. The van der Waals surface area contributed by atoms with Crippen molar-refractivity contribution < 1.29 is 29.3 Å². The Morgan fingerprint density at radius 2 is 1.10 bits per heavy atom. The van der Waals surface area contributed by atoms with Gasteiger partial charge in [-0.05, 0) is 117 Å². The minimum atomic E-state index is -0.310. The first-order valence-electron chi connectivity index (χ1n) is 20.5. The van der Waals surface area contributed by atoms with Crippen LogP contribution in [0.4, 0.5) is 0 Å². The van der Waals surface area contributed by atoms with Crippen LogP contribution in [0.1, 0.15) is 176 Å². The Balaban J connectivity index is 1.42. The van der Waals surface area contributed by atoms with Gasteiger partial charge >= 0.3 is 11.9 Å². The summed E-state index contributed by atoms with van der Waals surface area (Å²) in [6.45, 7) is 6.94. The maximum Gasteiger partial charge on any atom is 0.313 e. The number of hydrogen-bond donors (Lipinski definition) is 2. The average molecular weight is 711 g/mol. The fourth-order valence-corrected chi connectivity index (χ4v) is 9.57. The molecule has 4 aliphatic carbocycles. The third kappa shape index (κ3) is 8.63. The number of aromatic hydroxyl groups is 2. The predicted octanol–water partition coefficient (Wildman–Crippen LogP) is 11.3. The van der Waals surface area contributed by atoms with Crippen LogP contribution in [0.15, 0.2) is 48.6 Å². The van der Waals surface area contributed by atoms with Gasteiger partial charge in [0.15, 0.2) is 0 Å². The van der Waals surface area contributed by atoms with E-state index in [-0.39, 0.29) is 53.7 Å². The van der Waals surface area contributed by atoms with Crippen molar-refractivity contribution in [1.29, 1.82) is 0 Å². The van der Waals surface area contributed by atoms with Gasteiger partial charge in [0, 0.05) is 28.2 Å². The average Bonchev–Trinajstić information content (AvgIpc) is 3.17. The van der Waals surface area contributed by atoms with E-state index in [2.05, 4.69) is 45.1 Å². The Labute approximate surface area is 312 Å². The van der Waals surface area contributed by atoms with Gasteiger partial charge in [0.2, 0.25) is 0 Å². The van der Waals surface area contributed by atoms with Gasteiger partial charge in [-0.3, -0.25) is 9.59 Å². The van der Waals surface area contributed by atoms with Gasteiger partial charge in [-0.15, -0.1) is 0 Å². The van der Waals surface area contributed by atoms with E-state index in [1.165, 1.54) is 12.8 Å². The molecular weight excluding hydrogens is 649 g/mol. The number of esters is 2. The molecule has 2 aromatic rings. The highest BCUT2D eigenvalue weighted by Crippen LogP contribution is 2.51. The van der Waals surface area contributed by atoms with Gasteiger partial charge in [0.05, 0.1) is 11.8 Å². The summed E-state index contributed by atoms with van der Waals surface area (Å²) >= 11 is 0. The van der Waals surface area contributed by atoms with E-state index in [1.807, 2.05) is 24.3 Å². The van der Waals surface area contributed by atoms with E-state index in [9.17, 15) is 19.8 Å². The number of phenols is 2. The highest BCUT2D eigenvalue weighted by molar-refractivity contribution is 5.75. The largest absolute Gasteiger partial charge is 0.507 e. The van der Waals surface area contributed by atoms with Crippen molar-refractivity contribution >= 4 is 11.9 Å². The van der Waals surface area contributed by atoms with Crippen LogP contribution in [0.2, 0.25) is 0 Å². The van der Waals surface area contributed by atoms with Gasteiger partial charge in [-0.2, -0.15) is 0 Å². The smallest absolute Gasteiger partial charge is 0.313 e. The van der Waals surface area contributed by atoms with Crippen molar-refractivity contribution in [1.82, 2.24) is 0 Å². The summed E-state index contributed by atoms with van der Waals surface area (Å²) in [7, 11) is 0. The van der Waals surface area contributed by atoms with Crippen molar-refractivity contribution in [3.05, 3.63) is 82.0 Å². The van der Waals surface area contributed by atoms with E-state index < -0.39 is 0 Å². The molecule has 2 saturated carbocycles. The number of carbonyl (C=O) groups is 2. The first-order chi connectivity index (χ1) is 25.1. The molecule has 0 bridgehead atoms. The molecule has 2 N–H and O–H groups in total. The number of hydrogen-bond acceptors (Lipinski definition) is 6.